The van der Waals surface area contributed by atoms with Crippen molar-refractivity contribution in [2.24, 2.45) is 0 Å². The van der Waals surface area contributed by atoms with Gasteiger partial charge >= 0.3 is 12.1 Å². The molecular weight excluding hydrogens is 286 g/mol. The van der Waals surface area contributed by atoms with Gasteiger partial charge < -0.3 is 14.2 Å². The molecule has 1 saturated heterocycles. The molecule has 2 atom stereocenters. The molecule has 1 aliphatic heterocycles. The lowest BCUT2D eigenvalue weighted by molar-refractivity contribution is -0.151. The van der Waals surface area contributed by atoms with Gasteiger partial charge in [-0.25, -0.2) is 9.59 Å². The number of carbonyl (C=O) groups excluding carboxylic acids is 2. The van der Waals surface area contributed by atoms with E-state index in [4.69, 9.17) is 14.2 Å². The summed E-state index contributed by atoms with van der Waals surface area (Å²) < 4.78 is 15.4. The van der Waals surface area contributed by atoms with Crippen molar-refractivity contribution in [2.75, 3.05) is 20.8 Å². The zero-order valence-corrected chi connectivity index (χ0v) is 13.1. The lowest BCUT2D eigenvalue weighted by Crippen LogP contribution is -2.51. The third kappa shape index (κ3) is 3.22. The Labute approximate surface area is 129 Å². The molecule has 0 spiro atoms. The van der Waals surface area contributed by atoms with Gasteiger partial charge in [-0.1, -0.05) is 30.3 Å². The monoisotopic (exact) mass is 307 g/mol. The number of methoxy groups -OCH3 is 2. The highest BCUT2D eigenvalue weighted by Gasteiger charge is 2.51. The van der Waals surface area contributed by atoms with Gasteiger partial charge in [-0.15, -0.1) is 0 Å². The summed E-state index contributed by atoms with van der Waals surface area (Å²) in [5, 5.41) is 0. The third-order valence-electron chi connectivity index (χ3n) is 3.99. The predicted octanol–water partition coefficient (Wildman–Crippen LogP) is 1.98. The maximum absolute atomic E-state index is 12.4. The van der Waals surface area contributed by atoms with Crippen molar-refractivity contribution in [3.63, 3.8) is 0 Å². The van der Waals surface area contributed by atoms with Crippen LogP contribution in [0.2, 0.25) is 0 Å². The van der Waals surface area contributed by atoms with Crippen LogP contribution in [0.15, 0.2) is 30.3 Å². The highest BCUT2D eigenvalue weighted by atomic mass is 16.6. The van der Waals surface area contributed by atoms with E-state index in [0.717, 1.165) is 5.56 Å². The van der Waals surface area contributed by atoms with Gasteiger partial charge in [0.15, 0.2) is 0 Å². The molecule has 0 unspecified atom stereocenters. The second-order valence-corrected chi connectivity index (χ2v) is 5.48. The summed E-state index contributed by atoms with van der Waals surface area (Å²) in [7, 11) is 2.86. The fourth-order valence-electron chi connectivity index (χ4n) is 2.67. The molecule has 0 saturated carbocycles. The van der Waals surface area contributed by atoms with Crippen LogP contribution in [-0.4, -0.2) is 49.4 Å². The average Bonchev–Trinajstić information content (AvgIpc) is 2.91. The van der Waals surface area contributed by atoms with Crippen molar-refractivity contribution in [3.8, 4) is 0 Å². The SMILES string of the molecule is COC(=O)[C@@]1(C)C[C@@H](OC)CN1C(=O)OCc1ccccc1. The summed E-state index contributed by atoms with van der Waals surface area (Å²) >= 11 is 0. The lowest BCUT2D eigenvalue weighted by atomic mass is 9.98. The van der Waals surface area contributed by atoms with Crippen LogP contribution in [-0.2, 0) is 25.6 Å². The van der Waals surface area contributed by atoms with Crippen LogP contribution in [0.4, 0.5) is 4.79 Å². The molecular formula is C16H21NO5. The number of ether oxygens (including phenoxy) is 3. The second-order valence-electron chi connectivity index (χ2n) is 5.48. The predicted molar refractivity (Wildman–Crippen MR) is 79.2 cm³/mol. The van der Waals surface area contributed by atoms with Crippen molar-refractivity contribution in [2.45, 2.75) is 31.6 Å². The molecule has 0 aliphatic carbocycles. The number of rotatable bonds is 4. The number of benzene rings is 1. The summed E-state index contributed by atoms with van der Waals surface area (Å²) in [5.74, 6) is -0.469. The van der Waals surface area contributed by atoms with Gasteiger partial charge in [0.2, 0.25) is 0 Å². The minimum absolute atomic E-state index is 0.158. The first-order valence-electron chi connectivity index (χ1n) is 7.11. The Balaban J connectivity index is 2.07. The third-order valence-corrected chi connectivity index (χ3v) is 3.99. The van der Waals surface area contributed by atoms with Gasteiger partial charge in [0.25, 0.3) is 0 Å². The molecule has 0 radical (unpaired) electrons. The van der Waals surface area contributed by atoms with Crippen molar-refractivity contribution < 1.29 is 23.8 Å². The molecule has 6 nitrogen and oxygen atoms in total. The van der Waals surface area contributed by atoms with E-state index in [1.807, 2.05) is 30.3 Å². The number of hydrogen-bond acceptors (Lipinski definition) is 5. The normalized spacial score (nSPS) is 24.1. The summed E-state index contributed by atoms with van der Waals surface area (Å²) in [6.45, 7) is 2.13. The minimum Gasteiger partial charge on any atom is -0.467 e. The fraction of sp³-hybridized carbons (Fsp3) is 0.500. The summed E-state index contributed by atoms with van der Waals surface area (Å²) in [4.78, 5) is 25.8. The zero-order chi connectivity index (χ0) is 16.2. The Morgan fingerprint density at radius 1 is 1.27 bits per heavy atom. The van der Waals surface area contributed by atoms with Crippen LogP contribution in [0.1, 0.15) is 18.9 Å². The van der Waals surface area contributed by atoms with E-state index in [0.29, 0.717) is 13.0 Å². The van der Waals surface area contributed by atoms with E-state index in [2.05, 4.69) is 0 Å². The number of nitrogens with zero attached hydrogens (tertiary/aromatic N) is 1. The van der Waals surface area contributed by atoms with Crippen LogP contribution < -0.4 is 0 Å². The first kappa shape index (κ1) is 16.3. The second kappa shape index (κ2) is 6.79. The molecule has 6 heteroatoms. The number of amides is 1. The van der Waals surface area contributed by atoms with Crippen molar-refractivity contribution in [3.05, 3.63) is 35.9 Å². The van der Waals surface area contributed by atoms with E-state index < -0.39 is 17.6 Å². The molecule has 1 aliphatic rings. The highest BCUT2D eigenvalue weighted by Crippen LogP contribution is 2.32. The molecule has 0 N–H and O–H groups in total. The molecule has 1 aromatic rings. The molecule has 0 bridgehead atoms. The quantitative estimate of drug-likeness (QED) is 0.796. The van der Waals surface area contributed by atoms with Crippen LogP contribution in [0, 0.1) is 0 Å². The van der Waals surface area contributed by atoms with E-state index in [1.165, 1.54) is 12.0 Å². The number of esters is 1. The number of likely N-dealkylation sites (tertiary alicyclic amines) is 1. The Morgan fingerprint density at radius 3 is 2.55 bits per heavy atom. The fourth-order valence-corrected chi connectivity index (χ4v) is 2.67. The molecule has 1 fully saturated rings. The van der Waals surface area contributed by atoms with Gasteiger partial charge in [-0.3, -0.25) is 4.90 Å². The first-order chi connectivity index (χ1) is 10.5. The van der Waals surface area contributed by atoms with Crippen LogP contribution >= 0.6 is 0 Å². The Bertz CT molecular complexity index is 533. The highest BCUT2D eigenvalue weighted by molar-refractivity contribution is 5.86. The molecule has 1 amide bonds. The van der Waals surface area contributed by atoms with Gasteiger partial charge in [0.05, 0.1) is 19.8 Å². The van der Waals surface area contributed by atoms with Gasteiger partial charge in [-0.05, 0) is 12.5 Å². The van der Waals surface area contributed by atoms with E-state index in [1.54, 1.807) is 14.0 Å². The van der Waals surface area contributed by atoms with E-state index in [-0.39, 0.29) is 12.7 Å². The van der Waals surface area contributed by atoms with Crippen molar-refractivity contribution in [1.82, 2.24) is 4.90 Å². The molecule has 22 heavy (non-hydrogen) atoms. The first-order valence-corrected chi connectivity index (χ1v) is 7.11. The van der Waals surface area contributed by atoms with E-state index >= 15 is 0 Å². The topological polar surface area (TPSA) is 65.1 Å². The summed E-state index contributed by atoms with van der Waals surface area (Å²) in [6, 6.07) is 9.38. The van der Waals surface area contributed by atoms with Crippen LogP contribution in [0.5, 0.6) is 0 Å². The summed E-state index contributed by atoms with van der Waals surface area (Å²) in [6.07, 6.45) is -0.374. The molecule has 2 rings (SSSR count). The molecule has 120 valence electrons. The number of carbonyl (C=O) groups is 2. The van der Waals surface area contributed by atoms with Crippen molar-refractivity contribution >= 4 is 12.1 Å². The van der Waals surface area contributed by atoms with Gasteiger partial charge in [0, 0.05) is 13.5 Å². The maximum atomic E-state index is 12.4. The molecule has 0 aromatic heterocycles. The Morgan fingerprint density at radius 2 is 1.95 bits per heavy atom. The average molecular weight is 307 g/mol. The van der Waals surface area contributed by atoms with E-state index in [9.17, 15) is 9.59 Å². The minimum atomic E-state index is -1.07. The smallest absolute Gasteiger partial charge is 0.411 e. The number of hydrogen-bond donors (Lipinski definition) is 0. The molecule has 1 aromatic carbocycles. The maximum Gasteiger partial charge on any atom is 0.411 e. The van der Waals surface area contributed by atoms with Gasteiger partial charge in [-0.2, -0.15) is 0 Å². The Kier molecular flexibility index (Phi) is 5.03. The zero-order valence-electron chi connectivity index (χ0n) is 13.1. The van der Waals surface area contributed by atoms with Gasteiger partial charge in [0.1, 0.15) is 12.1 Å². The Hall–Kier alpha value is -2.08. The standard InChI is InChI=1S/C16H21NO5/c1-16(14(18)21-3)9-13(20-2)10-17(16)15(19)22-11-12-7-5-4-6-8-12/h4-8,13H,9-11H2,1-3H3/t13-,16-/m1/s1. The molecule has 1 heterocycles. The van der Waals surface area contributed by atoms with Crippen molar-refractivity contribution in [1.29, 1.82) is 0 Å². The van der Waals surface area contributed by atoms with Crippen LogP contribution in [0.3, 0.4) is 0 Å². The summed E-state index contributed by atoms with van der Waals surface area (Å²) in [5.41, 5.74) is -0.179. The van der Waals surface area contributed by atoms with Crippen LogP contribution in [0.25, 0.3) is 0 Å². The largest absolute Gasteiger partial charge is 0.467 e. The lowest BCUT2D eigenvalue weighted by Gasteiger charge is -2.31.